The Hall–Kier alpha value is -4.37. The summed E-state index contributed by atoms with van der Waals surface area (Å²) in [6.07, 6.45) is 3.26. The van der Waals surface area contributed by atoms with Gasteiger partial charge in [-0.25, -0.2) is 0 Å². The van der Waals surface area contributed by atoms with E-state index in [0.29, 0.717) is 23.0 Å². The van der Waals surface area contributed by atoms with E-state index in [1.54, 1.807) is 24.3 Å². The zero-order valence-electron chi connectivity index (χ0n) is 21.5. The third-order valence-corrected chi connectivity index (χ3v) is 7.90. The molecule has 1 aliphatic rings. The van der Waals surface area contributed by atoms with Crippen molar-refractivity contribution in [2.45, 2.75) is 33.7 Å². The van der Waals surface area contributed by atoms with Crippen molar-refractivity contribution in [1.82, 2.24) is 14.8 Å². The van der Waals surface area contributed by atoms with E-state index in [2.05, 4.69) is 22.4 Å². The van der Waals surface area contributed by atoms with E-state index < -0.39 is 17.9 Å². The lowest BCUT2D eigenvalue weighted by atomic mass is 9.98. The van der Waals surface area contributed by atoms with Gasteiger partial charge >= 0.3 is 5.97 Å². The Balaban J connectivity index is 1.51. The van der Waals surface area contributed by atoms with Gasteiger partial charge < -0.3 is 10.4 Å². The number of carbonyl (C=O) groups excluding carboxylic acids is 1. The van der Waals surface area contributed by atoms with E-state index >= 15 is 0 Å². The Morgan fingerprint density at radius 3 is 2.45 bits per heavy atom. The van der Waals surface area contributed by atoms with Gasteiger partial charge in [-0.3, -0.25) is 19.1 Å². The number of aliphatic carboxylic acids is 1. The molecule has 4 aromatic rings. The first-order chi connectivity index (χ1) is 18.2. The summed E-state index contributed by atoms with van der Waals surface area (Å²) in [6.45, 7) is 7.61. The molecule has 9 heteroatoms. The first-order valence-electron chi connectivity index (χ1n) is 12.2. The second-order valence-corrected chi connectivity index (χ2v) is 10.5. The molecule has 2 aromatic carbocycles. The zero-order valence-corrected chi connectivity index (χ0v) is 22.3. The van der Waals surface area contributed by atoms with Gasteiger partial charge in [0.2, 0.25) is 5.91 Å². The van der Waals surface area contributed by atoms with Crippen LogP contribution in [0.25, 0.3) is 11.1 Å². The number of hydrogen-bond donors (Lipinski definition) is 2. The molecule has 0 bridgehead atoms. The second-order valence-electron chi connectivity index (χ2n) is 9.26. The van der Waals surface area contributed by atoms with Crippen LogP contribution >= 0.6 is 11.3 Å². The number of nitrogens with zero attached hydrogens (tertiary/aromatic N) is 4. The Morgan fingerprint density at radius 2 is 1.76 bits per heavy atom. The minimum Gasteiger partial charge on any atom is -0.481 e. The number of benzene rings is 2. The van der Waals surface area contributed by atoms with Gasteiger partial charge in [-0.15, -0.1) is 21.5 Å². The van der Waals surface area contributed by atoms with Gasteiger partial charge in [0, 0.05) is 27.8 Å². The summed E-state index contributed by atoms with van der Waals surface area (Å²) in [5.41, 5.74) is 5.13. The Bertz CT molecular complexity index is 1580. The van der Waals surface area contributed by atoms with E-state index in [9.17, 15) is 14.7 Å². The molecule has 1 unspecified atom stereocenters. The lowest BCUT2D eigenvalue weighted by molar-refractivity contribution is -0.141. The van der Waals surface area contributed by atoms with Crippen LogP contribution in [0.15, 0.2) is 65.7 Å². The number of hydrogen-bond acceptors (Lipinski definition) is 6. The van der Waals surface area contributed by atoms with Crippen molar-refractivity contribution in [2.75, 3.05) is 5.32 Å². The molecule has 0 saturated carbocycles. The first-order valence-corrected chi connectivity index (χ1v) is 13.0. The first kappa shape index (κ1) is 25.3. The zero-order chi connectivity index (χ0) is 27.0. The van der Waals surface area contributed by atoms with E-state index in [4.69, 9.17) is 4.99 Å². The van der Waals surface area contributed by atoms with Crippen molar-refractivity contribution in [1.29, 1.82) is 0 Å². The van der Waals surface area contributed by atoms with Crippen LogP contribution in [0.1, 0.15) is 51.7 Å². The molecule has 2 N–H and O–H groups in total. The van der Waals surface area contributed by atoms with Crippen molar-refractivity contribution in [3.63, 3.8) is 0 Å². The molecule has 5 rings (SSSR count). The van der Waals surface area contributed by atoms with Gasteiger partial charge in [0.1, 0.15) is 16.9 Å². The van der Waals surface area contributed by atoms with Crippen molar-refractivity contribution in [3.05, 3.63) is 99.5 Å². The van der Waals surface area contributed by atoms with E-state index in [0.717, 1.165) is 32.1 Å². The maximum atomic E-state index is 12.4. The summed E-state index contributed by atoms with van der Waals surface area (Å²) in [5, 5.41) is 22.3. The smallest absolute Gasteiger partial charge is 0.308 e. The SMILES string of the molecule is Cc1sc2c(c1C)C(c1ccc(NC(=O)C=Cc3ccccc3)cc1)=NC([C@H](C)C(=O)O)c1nnc(C)n1-2. The number of rotatable bonds is 6. The molecule has 0 spiro atoms. The summed E-state index contributed by atoms with van der Waals surface area (Å²) < 4.78 is 1.94. The Morgan fingerprint density at radius 1 is 1.05 bits per heavy atom. The fraction of sp³-hybridized carbons (Fsp3) is 0.207. The van der Waals surface area contributed by atoms with Crippen LogP contribution in [-0.2, 0) is 9.59 Å². The summed E-state index contributed by atoms with van der Waals surface area (Å²) in [4.78, 5) is 30.6. The van der Waals surface area contributed by atoms with Crippen LogP contribution in [0.4, 0.5) is 5.69 Å². The maximum absolute atomic E-state index is 12.4. The highest BCUT2D eigenvalue weighted by molar-refractivity contribution is 7.15. The fourth-order valence-electron chi connectivity index (χ4n) is 4.45. The number of nitrogens with one attached hydrogen (secondary N) is 1. The topological polar surface area (TPSA) is 109 Å². The van der Waals surface area contributed by atoms with Crippen molar-refractivity contribution in [2.24, 2.45) is 10.9 Å². The summed E-state index contributed by atoms with van der Waals surface area (Å²) in [5.74, 6) is -0.793. The van der Waals surface area contributed by atoms with Gasteiger partial charge in [-0.1, -0.05) is 42.5 Å². The highest BCUT2D eigenvalue weighted by Gasteiger charge is 2.36. The number of carbonyl (C=O) groups is 2. The van der Waals surface area contributed by atoms with Crippen molar-refractivity contribution < 1.29 is 14.7 Å². The number of aromatic nitrogens is 3. The molecule has 1 aliphatic heterocycles. The predicted octanol–water partition coefficient (Wildman–Crippen LogP) is 5.52. The largest absolute Gasteiger partial charge is 0.481 e. The average molecular weight is 526 g/mol. The molecule has 2 aromatic heterocycles. The number of amides is 1. The van der Waals surface area contributed by atoms with Crippen LogP contribution in [0, 0.1) is 26.7 Å². The molecule has 0 fully saturated rings. The lowest BCUT2D eigenvalue weighted by Gasteiger charge is -2.16. The number of carboxylic acids is 1. The van der Waals surface area contributed by atoms with E-state index in [-0.39, 0.29) is 5.91 Å². The molecule has 0 saturated heterocycles. The lowest BCUT2D eigenvalue weighted by Crippen LogP contribution is -2.21. The monoisotopic (exact) mass is 525 g/mol. The average Bonchev–Trinajstić information content (AvgIpc) is 3.38. The molecule has 8 nitrogen and oxygen atoms in total. The molecule has 192 valence electrons. The molecule has 0 radical (unpaired) electrons. The van der Waals surface area contributed by atoms with Gasteiger partial charge in [0.25, 0.3) is 0 Å². The number of carboxylic acid groups (broad SMARTS) is 1. The third-order valence-electron chi connectivity index (χ3n) is 6.70. The summed E-state index contributed by atoms with van der Waals surface area (Å²) in [7, 11) is 0. The van der Waals surface area contributed by atoms with Crippen molar-refractivity contribution >= 4 is 40.7 Å². The maximum Gasteiger partial charge on any atom is 0.308 e. The van der Waals surface area contributed by atoms with E-state index in [1.165, 1.54) is 6.08 Å². The molecular formula is C29H27N5O3S. The standard InChI is InChI=1S/C29H27N5O3S/c1-16-18(3)38-28-24(16)26(31-25(17(2)29(36)37)27-33-32-19(4)34(27)28)21-11-13-22(14-12-21)30-23(35)15-10-20-8-6-5-7-9-20/h5-15,17,25H,1-4H3,(H,30,35)(H,36,37)/t17-,25?/m0/s1. The number of anilines is 1. The van der Waals surface area contributed by atoms with Crippen molar-refractivity contribution in [3.8, 4) is 5.00 Å². The summed E-state index contributed by atoms with van der Waals surface area (Å²) >= 11 is 1.62. The Kier molecular flexibility index (Phi) is 6.77. The molecule has 2 atom stereocenters. The van der Waals surface area contributed by atoms with Crippen LogP contribution in [0.5, 0.6) is 0 Å². The minimum absolute atomic E-state index is 0.233. The highest BCUT2D eigenvalue weighted by Crippen LogP contribution is 2.40. The van der Waals surface area contributed by atoms with Crippen LogP contribution in [0.2, 0.25) is 0 Å². The number of aryl methyl sites for hydroxylation is 2. The fourth-order valence-corrected chi connectivity index (χ4v) is 5.66. The number of aliphatic imine (C=N–C) groups is 1. The van der Waals surface area contributed by atoms with Gasteiger partial charge in [0.05, 0.1) is 11.6 Å². The van der Waals surface area contributed by atoms with Gasteiger partial charge in [-0.2, -0.15) is 0 Å². The molecular weight excluding hydrogens is 498 g/mol. The van der Waals surface area contributed by atoms with Gasteiger partial charge in [0.15, 0.2) is 5.82 Å². The van der Waals surface area contributed by atoms with E-state index in [1.807, 2.05) is 73.0 Å². The second kappa shape index (κ2) is 10.2. The van der Waals surface area contributed by atoms with Crippen LogP contribution in [-0.4, -0.2) is 37.5 Å². The molecule has 3 heterocycles. The third kappa shape index (κ3) is 4.68. The Labute approximate surface area is 224 Å². The molecule has 38 heavy (non-hydrogen) atoms. The normalized spacial score (nSPS) is 15.4. The number of fused-ring (bicyclic) bond motifs is 3. The van der Waals surface area contributed by atoms with Crippen LogP contribution < -0.4 is 5.32 Å². The number of thiophene rings is 1. The molecule has 0 aliphatic carbocycles. The van der Waals surface area contributed by atoms with Gasteiger partial charge in [-0.05, 0) is 57.0 Å². The molecule has 1 amide bonds. The minimum atomic E-state index is -0.954. The quantitative estimate of drug-likeness (QED) is 0.322. The van der Waals surface area contributed by atoms with Crippen LogP contribution in [0.3, 0.4) is 0 Å². The predicted molar refractivity (Wildman–Crippen MR) is 149 cm³/mol. The highest BCUT2D eigenvalue weighted by atomic mass is 32.1. The summed E-state index contributed by atoms with van der Waals surface area (Å²) in [6, 6.07) is 16.3.